The van der Waals surface area contributed by atoms with E-state index in [1.807, 2.05) is 37.3 Å². The zero-order chi connectivity index (χ0) is 18.1. The van der Waals surface area contributed by atoms with Gasteiger partial charge in [-0.05, 0) is 30.2 Å². The molecular weight excluding hydrogens is 352 g/mol. The maximum absolute atomic E-state index is 13.1. The summed E-state index contributed by atoms with van der Waals surface area (Å²) in [4.78, 5) is 28.8. The Morgan fingerprint density at radius 3 is 2.88 bits per heavy atom. The molecule has 0 N–H and O–H groups in total. The van der Waals surface area contributed by atoms with Crippen LogP contribution in [0.1, 0.15) is 30.0 Å². The second-order valence-corrected chi connectivity index (χ2v) is 7.38. The molecule has 26 heavy (non-hydrogen) atoms. The van der Waals surface area contributed by atoms with E-state index in [-0.39, 0.29) is 12.2 Å². The quantitative estimate of drug-likeness (QED) is 0.383. The molecule has 5 nitrogen and oxygen atoms in total. The van der Waals surface area contributed by atoms with E-state index in [1.165, 1.54) is 0 Å². The highest BCUT2D eigenvalue weighted by Gasteiger charge is 2.45. The largest absolute Gasteiger partial charge is 0.459 e. The molecule has 2 aromatic heterocycles. The molecular formula is C20H15ClN2O3. The fraction of sp³-hybridized carbons (Fsp3) is 0.250. The van der Waals surface area contributed by atoms with Crippen LogP contribution in [0.25, 0.3) is 22.3 Å². The molecule has 0 saturated carbocycles. The Hall–Kier alpha value is -2.66. The van der Waals surface area contributed by atoms with Crippen LogP contribution in [0.15, 0.2) is 41.2 Å². The van der Waals surface area contributed by atoms with Gasteiger partial charge in [0.2, 0.25) is 0 Å². The van der Waals surface area contributed by atoms with Crippen molar-refractivity contribution in [3.63, 3.8) is 0 Å². The molecule has 1 unspecified atom stereocenters. The Balaban J connectivity index is 1.81. The minimum Gasteiger partial charge on any atom is -0.459 e. The summed E-state index contributed by atoms with van der Waals surface area (Å²) in [5.41, 5.74) is 4.20. The van der Waals surface area contributed by atoms with Crippen LogP contribution in [-0.2, 0) is 27.6 Å². The van der Waals surface area contributed by atoms with Crippen LogP contribution in [-0.4, -0.2) is 15.5 Å². The van der Waals surface area contributed by atoms with E-state index in [2.05, 4.69) is 6.07 Å². The normalized spacial score (nSPS) is 20.5. The minimum atomic E-state index is -1.32. The van der Waals surface area contributed by atoms with Crippen molar-refractivity contribution >= 4 is 28.5 Å². The third-order valence-corrected chi connectivity index (χ3v) is 5.98. The second-order valence-electron chi connectivity index (χ2n) is 6.73. The Bertz CT molecular complexity index is 1170. The summed E-state index contributed by atoms with van der Waals surface area (Å²) >= 11 is 6.59. The average Bonchev–Trinajstić information content (AvgIpc) is 3.01. The van der Waals surface area contributed by atoms with Gasteiger partial charge < -0.3 is 9.30 Å². The Kier molecular flexibility index (Phi) is 3.10. The zero-order valence-electron chi connectivity index (χ0n) is 14.1. The highest BCUT2D eigenvalue weighted by Crippen LogP contribution is 2.42. The number of hydrogen-bond donors (Lipinski definition) is 0. The molecule has 4 heterocycles. The number of para-hydroxylation sites is 1. The Morgan fingerprint density at radius 2 is 2.08 bits per heavy atom. The standard InChI is InChI=1S/C20H15ClN2O3/c1-2-20(21)14-8-16-17-12(7-11-5-3-4-6-15(11)22-17)9-23(16)18(24)13(14)10-26-19(20)25/h3-8H,2,9-10H2,1H3. The number of ether oxygens (including phenoxy) is 1. The number of fused-ring (bicyclic) bond motifs is 5. The lowest BCUT2D eigenvalue weighted by Crippen LogP contribution is -2.40. The van der Waals surface area contributed by atoms with Gasteiger partial charge in [-0.1, -0.05) is 25.1 Å². The molecule has 0 amide bonds. The van der Waals surface area contributed by atoms with E-state index < -0.39 is 10.8 Å². The number of benzene rings is 1. The zero-order valence-corrected chi connectivity index (χ0v) is 14.8. The smallest absolute Gasteiger partial charge is 0.332 e. The van der Waals surface area contributed by atoms with Gasteiger partial charge in [-0.2, -0.15) is 0 Å². The summed E-state index contributed by atoms with van der Waals surface area (Å²) in [6, 6.07) is 11.8. The van der Waals surface area contributed by atoms with Crippen molar-refractivity contribution in [3.8, 4) is 11.4 Å². The first-order chi connectivity index (χ1) is 12.5. The number of nitrogens with zero attached hydrogens (tertiary/aromatic N) is 2. The van der Waals surface area contributed by atoms with E-state index in [9.17, 15) is 9.59 Å². The van der Waals surface area contributed by atoms with Crippen LogP contribution in [0, 0.1) is 0 Å². The first-order valence-corrected chi connectivity index (χ1v) is 8.93. The van der Waals surface area contributed by atoms with E-state index in [4.69, 9.17) is 21.3 Å². The van der Waals surface area contributed by atoms with E-state index >= 15 is 0 Å². The monoisotopic (exact) mass is 366 g/mol. The topological polar surface area (TPSA) is 61.2 Å². The van der Waals surface area contributed by atoms with Crippen molar-refractivity contribution in [3.05, 3.63) is 63.4 Å². The molecule has 0 fully saturated rings. The Morgan fingerprint density at radius 1 is 1.27 bits per heavy atom. The van der Waals surface area contributed by atoms with Crippen LogP contribution in [0.4, 0.5) is 0 Å². The number of alkyl halides is 1. The molecule has 3 aromatic rings. The maximum atomic E-state index is 13.1. The molecule has 2 aliphatic rings. The molecule has 5 rings (SSSR count). The predicted octanol–water partition coefficient (Wildman–Crippen LogP) is 3.33. The number of halogens is 1. The van der Waals surface area contributed by atoms with Gasteiger partial charge in [0.1, 0.15) is 6.61 Å². The lowest BCUT2D eigenvalue weighted by Gasteiger charge is -2.31. The lowest BCUT2D eigenvalue weighted by molar-refractivity contribution is -0.150. The van der Waals surface area contributed by atoms with Gasteiger partial charge in [0, 0.05) is 10.9 Å². The fourth-order valence-corrected chi connectivity index (χ4v) is 4.13. The number of hydrogen-bond acceptors (Lipinski definition) is 4. The molecule has 130 valence electrons. The van der Waals surface area contributed by atoms with Crippen molar-refractivity contribution in [2.75, 3.05) is 0 Å². The van der Waals surface area contributed by atoms with Crippen LogP contribution in [0.3, 0.4) is 0 Å². The number of carbonyl (C=O) groups is 1. The van der Waals surface area contributed by atoms with Crippen LogP contribution in [0.2, 0.25) is 0 Å². The molecule has 1 aromatic carbocycles. The second kappa shape index (κ2) is 5.17. The Labute approximate surface area is 154 Å². The fourth-order valence-electron chi connectivity index (χ4n) is 3.90. The summed E-state index contributed by atoms with van der Waals surface area (Å²) in [7, 11) is 0. The van der Waals surface area contributed by atoms with E-state index in [1.54, 1.807) is 4.57 Å². The first-order valence-electron chi connectivity index (χ1n) is 8.55. The highest BCUT2D eigenvalue weighted by atomic mass is 35.5. The number of carbonyl (C=O) groups excluding carboxylic acids is 1. The highest BCUT2D eigenvalue weighted by molar-refractivity contribution is 6.34. The van der Waals surface area contributed by atoms with Crippen molar-refractivity contribution in [1.29, 1.82) is 0 Å². The van der Waals surface area contributed by atoms with Crippen molar-refractivity contribution in [2.45, 2.75) is 31.4 Å². The van der Waals surface area contributed by atoms with Gasteiger partial charge in [-0.15, -0.1) is 11.6 Å². The third-order valence-electron chi connectivity index (χ3n) is 5.36. The van der Waals surface area contributed by atoms with Gasteiger partial charge in [-0.3, -0.25) is 4.79 Å². The molecule has 0 bridgehead atoms. The number of aromatic nitrogens is 2. The maximum Gasteiger partial charge on any atom is 0.332 e. The SMILES string of the molecule is CCC1(Cl)C(=O)OCc2c1cc1n(c2=O)Cc2cc3ccccc3nc2-1. The first kappa shape index (κ1) is 15.6. The van der Waals surface area contributed by atoms with Crippen LogP contribution < -0.4 is 5.56 Å². The van der Waals surface area contributed by atoms with Gasteiger partial charge >= 0.3 is 5.97 Å². The molecule has 6 heteroatoms. The summed E-state index contributed by atoms with van der Waals surface area (Å²) in [6.45, 7) is 2.24. The van der Waals surface area contributed by atoms with E-state index in [0.29, 0.717) is 29.8 Å². The lowest BCUT2D eigenvalue weighted by atomic mass is 9.89. The molecule has 0 saturated heterocycles. The van der Waals surface area contributed by atoms with Crippen molar-refractivity contribution < 1.29 is 9.53 Å². The van der Waals surface area contributed by atoms with Gasteiger partial charge in [0.05, 0.1) is 29.0 Å². The number of pyridine rings is 2. The van der Waals surface area contributed by atoms with Gasteiger partial charge in [0.15, 0.2) is 4.87 Å². The minimum absolute atomic E-state index is 0.0342. The van der Waals surface area contributed by atoms with Crippen LogP contribution in [0.5, 0.6) is 0 Å². The number of esters is 1. The average molecular weight is 367 g/mol. The predicted molar refractivity (Wildman–Crippen MR) is 98.2 cm³/mol. The molecule has 0 radical (unpaired) electrons. The molecule has 0 aliphatic carbocycles. The van der Waals surface area contributed by atoms with Gasteiger partial charge in [-0.25, -0.2) is 9.78 Å². The van der Waals surface area contributed by atoms with Crippen LogP contribution >= 0.6 is 11.6 Å². The van der Waals surface area contributed by atoms with Crippen molar-refractivity contribution in [2.24, 2.45) is 0 Å². The molecule has 0 spiro atoms. The number of cyclic esters (lactones) is 1. The summed E-state index contributed by atoms with van der Waals surface area (Å²) < 4.78 is 6.89. The number of rotatable bonds is 1. The summed E-state index contributed by atoms with van der Waals surface area (Å²) in [6.07, 6.45) is 0.349. The van der Waals surface area contributed by atoms with Crippen molar-refractivity contribution in [1.82, 2.24) is 9.55 Å². The molecule has 1 atom stereocenters. The summed E-state index contributed by atoms with van der Waals surface area (Å²) in [5.74, 6) is -0.497. The molecule has 2 aliphatic heterocycles. The van der Waals surface area contributed by atoms with E-state index in [0.717, 1.165) is 22.2 Å². The summed E-state index contributed by atoms with van der Waals surface area (Å²) in [5, 5.41) is 1.04. The third kappa shape index (κ3) is 1.89. The van der Waals surface area contributed by atoms with Gasteiger partial charge in [0.25, 0.3) is 5.56 Å².